The van der Waals surface area contributed by atoms with Crippen LogP contribution in [0, 0.1) is 0 Å². The number of aryl methyl sites for hydroxylation is 1. The molecule has 0 atom stereocenters. The van der Waals surface area contributed by atoms with Crippen molar-refractivity contribution in [3.8, 4) is 16.9 Å². The van der Waals surface area contributed by atoms with Crippen molar-refractivity contribution in [3.63, 3.8) is 0 Å². The maximum Gasteiger partial charge on any atom is 0.273 e. The Morgan fingerprint density at radius 2 is 1.92 bits per heavy atom. The molecule has 3 rings (SSSR count). The Bertz CT molecular complexity index is 722. The molecule has 0 aliphatic carbocycles. The highest BCUT2D eigenvalue weighted by atomic mass is 16.5. The van der Waals surface area contributed by atoms with Gasteiger partial charge in [0.1, 0.15) is 12.4 Å². The van der Waals surface area contributed by atoms with E-state index in [4.69, 9.17) is 10.5 Å². The lowest BCUT2D eigenvalue weighted by Crippen LogP contribution is -2.33. The van der Waals surface area contributed by atoms with E-state index >= 15 is 0 Å². The fraction of sp³-hybridized carbons (Fsp3) is 0.421. The molecule has 1 fully saturated rings. The number of hydrogen-bond acceptors (Lipinski definition) is 4. The van der Waals surface area contributed by atoms with Crippen molar-refractivity contribution in [2.45, 2.75) is 19.3 Å². The molecule has 128 valence electrons. The third kappa shape index (κ3) is 3.97. The van der Waals surface area contributed by atoms with Crippen molar-refractivity contribution >= 4 is 5.69 Å². The van der Waals surface area contributed by atoms with E-state index in [1.165, 1.54) is 36.9 Å². The summed E-state index contributed by atoms with van der Waals surface area (Å²) in [4.78, 5) is 14.2. The zero-order chi connectivity index (χ0) is 16.9. The molecule has 0 bridgehead atoms. The highest BCUT2D eigenvalue weighted by molar-refractivity contribution is 5.67. The Hall–Kier alpha value is -2.27. The quantitative estimate of drug-likeness (QED) is 0.916. The number of nitrogens with two attached hydrogens (primary N) is 1. The smallest absolute Gasteiger partial charge is 0.273 e. The first-order chi connectivity index (χ1) is 11.6. The van der Waals surface area contributed by atoms with Crippen LogP contribution in [0.25, 0.3) is 11.1 Å². The molecule has 1 aromatic heterocycles. The lowest BCUT2D eigenvalue weighted by molar-refractivity contribution is 0.183. The van der Waals surface area contributed by atoms with Crippen molar-refractivity contribution in [1.29, 1.82) is 0 Å². The van der Waals surface area contributed by atoms with Gasteiger partial charge in [0.25, 0.3) is 5.56 Å². The molecule has 1 aromatic carbocycles. The summed E-state index contributed by atoms with van der Waals surface area (Å²) >= 11 is 0. The van der Waals surface area contributed by atoms with E-state index in [0.29, 0.717) is 6.61 Å². The number of likely N-dealkylation sites (tertiary alicyclic amines) is 1. The minimum atomic E-state index is -0.173. The number of hydrogen-bond donors (Lipinski definition) is 1. The minimum Gasteiger partial charge on any atom is -0.492 e. The maximum atomic E-state index is 11.7. The SMILES string of the molecule is Cn1cc(-c2cccc(OCCN3CCCCC3)c2)cc(N)c1=O. The fourth-order valence-electron chi connectivity index (χ4n) is 3.14. The van der Waals surface area contributed by atoms with Crippen LogP contribution in [-0.4, -0.2) is 35.7 Å². The maximum absolute atomic E-state index is 11.7. The van der Waals surface area contributed by atoms with Crippen LogP contribution < -0.4 is 16.0 Å². The monoisotopic (exact) mass is 327 g/mol. The van der Waals surface area contributed by atoms with Crippen LogP contribution in [0.15, 0.2) is 41.3 Å². The molecule has 1 saturated heterocycles. The van der Waals surface area contributed by atoms with Gasteiger partial charge in [0, 0.05) is 25.4 Å². The van der Waals surface area contributed by atoms with E-state index in [9.17, 15) is 4.79 Å². The number of rotatable bonds is 5. The highest BCUT2D eigenvalue weighted by Crippen LogP contribution is 2.24. The topological polar surface area (TPSA) is 60.5 Å². The second-order valence-electron chi connectivity index (χ2n) is 6.38. The highest BCUT2D eigenvalue weighted by Gasteiger charge is 2.10. The summed E-state index contributed by atoms with van der Waals surface area (Å²) < 4.78 is 7.42. The Labute approximate surface area is 142 Å². The van der Waals surface area contributed by atoms with Gasteiger partial charge in [-0.1, -0.05) is 18.6 Å². The second kappa shape index (κ2) is 7.53. The molecule has 2 aromatic rings. The Balaban J connectivity index is 1.66. The van der Waals surface area contributed by atoms with E-state index in [-0.39, 0.29) is 11.2 Å². The molecule has 0 spiro atoms. The van der Waals surface area contributed by atoms with Gasteiger partial charge in [-0.2, -0.15) is 0 Å². The summed E-state index contributed by atoms with van der Waals surface area (Å²) in [6.45, 7) is 4.03. The van der Waals surface area contributed by atoms with Gasteiger partial charge < -0.3 is 15.0 Å². The summed E-state index contributed by atoms with van der Waals surface area (Å²) in [5, 5.41) is 0. The zero-order valence-corrected chi connectivity index (χ0v) is 14.2. The first kappa shape index (κ1) is 16.6. The van der Waals surface area contributed by atoms with Gasteiger partial charge in [0.2, 0.25) is 0 Å². The molecule has 2 N–H and O–H groups in total. The van der Waals surface area contributed by atoms with Crippen molar-refractivity contribution in [3.05, 3.63) is 46.9 Å². The van der Waals surface area contributed by atoms with Crippen molar-refractivity contribution in [1.82, 2.24) is 9.47 Å². The molecular formula is C19H25N3O2. The number of nitrogen functional groups attached to an aromatic ring is 1. The molecule has 0 amide bonds. The summed E-state index contributed by atoms with van der Waals surface area (Å²) in [5.41, 5.74) is 7.78. The molecule has 2 heterocycles. The van der Waals surface area contributed by atoms with Crippen LogP contribution in [0.3, 0.4) is 0 Å². The van der Waals surface area contributed by atoms with Gasteiger partial charge in [-0.3, -0.25) is 9.69 Å². The molecule has 24 heavy (non-hydrogen) atoms. The van der Waals surface area contributed by atoms with Gasteiger partial charge in [-0.05, 0) is 49.7 Å². The minimum absolute atomic E-state index is 0.173. The van der Waals surface area contributed by atoms with E-state index in [1.807, 2.05) is 24.3 Å². The zero-order valence-electron chi connectivity index (χ0n) is 14.2. The number of piperidine rings is 1. The first-order valence-electron chi connectivity index (χ1n) is 8.55. The summed E-state index contributed by atoms with van der Waals surface area (Å²) in [5.74, 6) is 0.844. The van der Waals surface area contributed by atoms with Gasteiger partial charge in [0.15, 0.2) is 0 Å². The number of benzene rings is 1. The number of ether oxygens (including phenoxy) is 1. The second-order valence-corrected chi connectivity index (χ2v) is 6.38. The van der Waals surface area contributed by atoms with Crippen LogP contribution in [-0.2, 0) is 7.05 Å². The molecule has 0 saturated carbocycles. The van der Waals surface area contributed by atoms with Gasteiger partial charge >= 0.3 is 0 Å². The lowest BCUT2D eigenvalue weighted by Gasteiger charge is -2.26. The fourth-order valence-corrected chi connectivity index (χ4v) is 3.14. The number of anilines is 1. The molecular weight excluding hydrogens is 302 g/mol. The van der Waals surface area contributed by atoms with Gasteiger partial charge in [-0.15, -0.1) is 0 Å². The Kier molecular flexibility index (Phi) is 5.20. The van der Waals surface area contributed by atoms with Crippen LogP contribution >= 0.6 is 0 Å². The van der Waals surface area contributed by atoms with Crippen molar-refractivity contribution in [2.75, 3.05) is 32.0 Å². The lowest BCUT2D eigenvalue weighted by atomic mass is 10.1. The van der Waals surface area contributed by atoms with E-state index in [1.54, 1.807) is 19.3 Å². The van der Waals surface area contributed by atoms with E-state index < -0.39 is 0 Å². The predicted molar refractivity (Wildman–Crippen MR) is 97.3 cm³/mol. The largest absolute Gasteiger partial charge is 0.492 e. The number of aromatic nitrogens is 1. The average Bonchev–Trinajstić information content (AvgIpc) is 2.60. The van der Waals surface area contributed by atoms with Crippen LogP contribution in [0.1, 0.15) is 19.3 Å². The van der Waals surface area contributed by atoms with Crippen LogP contribution in [0.4, 0.5) is 5.69 Å². The van der Waals surface area contributed by atoms with Gasteiger partial charge in [-0.25, -0.2) is 0 Å². The third-order valence-electron chi connectivity index (χ3n) is 4.50. The summed E-state index contributed by atoms with van der Waals surface area (Å²) in [7, 11) is 1.71. The van der Waals surface area contributed by atoms with Crippen LogP contribution in [0.2, 0.25) is 0 Å². The molecule has 1 aliphatic heterocycles. The Morgan fingerprint density at radius 3 is 2.67 bits per heavy atom. The summed E-state index contributed by atoms with van der Waals surface area (Å²) in [6.07, 6.45) is 5.74. The predicted octanol–water partition coefficient (Wildman–Crippen LogP) is 2.50. The number of pyridine rings is 1. The standard InChI is InChI=1S/C19H25N3O2/c1-21-14-16(13-18(20)19(21)23)15-6-5-7-17(12-15)24-11-10-22-8-3-2-4-9-22/h5-7,12-14H,2-4,8-11,20H2,1H3. The van der Waals surface area contributed by atoms with Crippen LogP contribution in [0.5, 0.6) is 5.75 Å². The molecule has 5 heteroatoms. The van der Waals surface area contributed by atoms with Crippen molar-refractivity contribution in [2.24, 2.45) is 7.05 Å². The average molecular weight is 327 g/mol. The van der Waals surface area contributed by atoms with Crippen molar-refractivity contribution < 1.29 is 4.74 Å². The Morgan fingerprint density at radius 1 is 1.12 bits per heavy atom. The third-order valence-corrected chi connectivity index (χ3v) is 4.50. The molecule has 0 radical (unpaired) electrons. The molecule has 1 aliphatic rings. The normalized spacial score (nSPS) is 15.4. The number of nitrogens with zero attached hydrogens (tertiary/aromatic N) is 2. The molecule has 0 unspecified atom stereocenters. The molecule has 5 nitrogen and oxygen atoms in total. The van der Waals surface area contributed by atoms with Gasteiger partial charge in [0.05, 0.1) is 5.69 Å². The van der Waals surface area contributed by atoms with E-state index in [2.05, 4.69) is 4.90 Å². The summed E-state index contributed by atoms with van der Waals surface area (Å²) in [6, 6.07) is 9.64. The van der Waals surface area contributed by atoms with E-state index in [0.717, 1.165) is 23.4 Å². The first-order valence-corrected chi connectivity index (χ1v) is 8.55.